The summed E-state index contributed by atoms with van der Waals surface area (Å²) in [5.74, 6) is 0. The molecule has 0 saturated carbocycles. The molecule has 1 N–H and O–H groups in total. The van der Waals surface area contributed by atoms with Gasteiger partial charge in [-0.05, 0) is 48.5 Å². The summed E-state index contributed by atoms with van der Waals surface area (Å²) in [5, 5.41) is 4.01. The van der Waals surface area contributed by atoms with Crippen molar-refractivity contribution in [2.24, 2.45) is 0 Å². The number of hydrogen-bond donors (Lipinski definition) is 1. The molecule has 0 aliphatic heterocycles. The van der Waals surface area contributed by atoms with E-state index in [2.05, 4.69) is 26.2 Å². The summed E-state index contributed by atoms with van der Waals surface area (Å²) in [6.07, 6.45) is -2.67. The number of nitrogens with one attached hydrogen (secondary N) is 1. The SMILES string of the molecule is FC(F)(F)c1ccc(Nc2ccnc3ccc(Br)cc23)cc1. The van der Waals surface area contributed by atoms with Gasteiger partial charge >= 0.3 is 6.18 Å². The topological polar surface area (TPSA) is 24.9 Å². The first-order valence-electron chi connectivity index (χ1n) is 6.42. The molecule has 0 fully saturated rings. The van der Waals surface area contributed by atoms with Crippen LogP contribution in [0.15, 0.2) is 59.2 Å². The van der Waals surface area contributed by atoms with Crippen LogP contribution in [0, 0.1) is 0 Å². The molecule has 0 aliphatic rings. The predicted molar refractivity (Wildman–Crippen MR) is 84.2 cm³/mol. The molecule has 3 rings (SSSR count). The van der Waals surface area contributed by atoms with Gasteiger partial charge in [-0.3, -0.25) is 4.98 Å². The molecule has 3 aromatic rings. The normalized spacial score (nSPS) is 11.6. The summed E-state index contributed by atoms with van der Waals surface area (Å²) in [5.41, 5.74) is 1.51. The number of benzene rings is 2. The van der Waals surface area contributed by atoms with Crippen LogP contribution in [-0.2, 0) is 6.18 Å². The Kier molecular flexibility index (Phi) is 3.78. The standard InChI is InChI=1S/C16H10BrF3N2/c17-11-3-6-14-13(9-11)15(7-8-21-14)22-12-4-1-10(2-5-12)16(18,19)20/h1-9H,(H,21,22). The number of rotatable bonds is 2. The summed E-state index contributed by atoms with van der Waals surface area (Å²) in [4.78, 5) is 4.26. The molecule has 6 heteroatoms. The summed E-state index contributed by atoms with van der Waals surface area (Å²) >= 11 is 3.40. The Balaban J connectivity index is 1.95. The fourth-order valence-electron chi connectivity index (χ4n) is 2.13. The number of pyridine rings is 1. The highest BCUT2D eigenvalue weighted by atomic mass is 79.9. The minimum Gasteiger partial charge on any atom is -0.355 e. The zero-order chi connectivity index (χ0) is 15.7. The number of nitrogens with zero attached hydrogens (tertiary/aromatic N) is 1. The van der Waals surface area contributed by atoms with Crippen molar-refractivity contribution in [1.29, 1.82) is 0 Å². The van der Waals surface area contributed by atoms with Crippen molar-refractivity contribution in [3.63, 3.8) is 0 Å². The van der Waals surface area contributed by atoms with Gasteiger partial charge < -0.3 is 5.32 Å². The van der Waals surface area contributed by atoms with Crippen molar-refractivity contribution in [3.05, 3.63) is 64.8 Å². The van der Waals surface area contributed by atoms with Crippen molar-refractivity contribution in [2.75, 3.05) is 5.32 Å². The van der Waals surface area contributed by atoms with Gasteiger partial charge in [0.1, 0.15) is 0 Å². The van der Waals surface area contributed by atoms with Gasteiger partial charge in [-0.15, -0.1) is 0 Å². The van der Waals surface area contributed by atoms with Gasteiger partial charge in [-0.25, -0.2) is 0 Å². The highest BCUT2D eigenvalue weighted by Crippen LogP contribution is 2.31. The van der Waals surface area contributed by atoms with Gasteiger partial charge in [0.2, 0.25) is 0 Å². The van der Waals surface area contributed by atoms with E-state index in [1.165, 1.54) is 12.1 Å². The lowest BCUT2D eigenvalue weighted by Crippen LogP contribution is -2.04. The maximum atomic E-state index is 12.6. The van der Waals surface area contributed by atoms with E-state index in [9.17, 15) is 13.2 Å². The van der Waals surface area contributed by atoms with Gasteiger partial charge in [0.25, 0.3) is 0 Å². The number of halogens is 4. The quantitative estimate of drug-likeness (QED) is 0.623. The smallest absolute Gasteiger partial charge is 0.355 e. The number of fused-ring (bicyclic) bond motifs is 1. The first-order valence-corrected chi connectivity index (χ1v) is 7.21. The van der Waals surface area contributed by atoms with Crippen LogP contribution in [-0.4, -0.2) is 4.98 Å². The molecule has 0 aliphatic carbocycles. The lowest BCUT2D eigenvalue weighted by atomic mass is 10.1. The Bertz CT molecular complexity index is 814. The van der Waals surface area contributed by atoms with Crippen LogP contribution < -0.4 is 5.32 Å². The van der Waals surface area contributed by atoms with Crippen LogP contribution in [0.4, 0.5) is 24.5 Å². The Morgan fingerprint density at radius 2 is 1.68 bits per heavy atom. The Labute approximate surface area is 133 Å². The highest BCUT2D eigenvalue weighted by molar-refractivity contribution is 9.10. The van der Waals surface area contributed by atoms with Gasteiger partial charge in [0, 0.05) is 27.4 Å². The van der Waals surface area contributed by atoms with Crippen molar-refractivity contribution >= 4 is 38.2 Å². The fourth-order valence-corrected chi connectivity index (χ4v) is 2.49. The molecule has 0 amide bonds. The summed E-state index contributed by atoms with van der Waals surface area (Å²) in [7, 11) is 0. The summed E-state index contributed by atoms with van der Waals surface area (Å²) in [6.45, 7) is 0. The summed E-state index contributed by atoms with van der Waals surface area (Å²) in [6, 6.07) is 12.4. The second-order valence-electron chi connectivity index (χ2n) is 4.72. The largest absolute Gasteiger partial charge is 0.416 e. The molecule has 2 nitrogen and oxygen atoms in total. The molecule has 2 aromatic carbocycles. The first-order chi connectivity index (χ1) is 10.4. The Morgan fingerprint density at radius 1 is 0.955 bits per heavy atom. The van der Waals surface area contributed by atoms with E-state index in [-0.39, 0.29) is 0 Å². The van der Waals surface area contributed by atoms with Crippen LogP contribution in [0.5, 0.6) is 0 Å². The fraction of sp³-hybridized carbons (Fsp3) is 0.0625. The molecule has 1 aromatic heterocycles. The van der Waals surface area contributed by atoms with E-state index >= 15 is 0 Å². The van der Waals surface area contributed by atoms with Crippen LogP contribution in [0.1, 0.15) is 5.56 Å². The lowest BCUT2D eigenvalue weighted by molar-refractivity contribution is -0.137. The van der Waals surface area contributed by atoms with Crippen LogP contribution in [0.2, 0.25) is 0 Å². The molecular weight excluding hydrogens is 357 g/mol. The maximum absolute atomic E-state index is 12.6. The van der Waals surface area contributed by atoms with Crippen molar-refractivity contribution in [2.45, 2.75) is 6.18 Å². The van der Waals surface area contributed by atoms with Crippen LogP contribution >= 0.6 is 15.9 Å². The third-order valence-corrected chi connectivity index (χ3v) is 3.69. The van der Waals surface area contributed by atoms with Crippen LogP contribution in [0.3, 0.4) is 0 Å². The van der Waals surface area contributed by atoms with Gasteiger partial charge in [0.05, 0.1) is 11.1 Å². The highest BCUT2D eigenvalue weighted by Gasteiger charge is 2.29. The molecule has 0 unspecified atom stereocenters. The molecule has 112 valence electrons. The number of alkyl halides is 3. The minimum atomic E-state index is -4.33. The molecular formula is C16H10BrF3N2. The van der Waals surface area contributed by atoms with E-state index in [4.69, 9.17) is 0 Å². The second-order valence-corrected chi connectivity index (χ2v) is 5.64. The van der Waals surface area contributed by atoms with Crippen molar-refractivity contribution < 1.29 is 13.2 Å². The first kappa shape index (κ1) is 14.8. The van der Waals surface area contributed by atoms with Gasteiger partial charge in [0.15, 0.2) is 0 Å². The minimum absolute atomic E-state index is 0.584. The third-order valence-electron chi connectivity index (χ3n) is 3.19. The molecule has 0 atom stereocenters. The molecule has 0 spiro atoms. The number of aromatic nitrogens is 1. The van der Waals surface area contributed by atoms with Gasteiger partial charge in [-0.2, -0.15) is 13.2 Å². The molecule has 0 radical (unpaired) electrons. The number of hydrogen-bond acceptors (Lipinski definition) is 2. The van der Waals surface area contributed by atoms with E-state index in [0.717, 1.165) is 33.2 Å². The second kappa shape index (κ2) is 5.61. The van der Waals surface area contributed by atoms with E-state index in [0.29, 0.717) is 5.69 Å². The summed E-state index contributed by atoms with van der Waals surface area (Å²) < 4.78 is 38.6. The Hall–Kier alpha value is -2.08. The van der Waals surface area contributed by atoms with E-state index in [1.807, 2.05) is 18.2 Å². The van der Waals surface area contributed by atoms with E-state index in [1.54, 1.807) is 12.3 Å². The molecule has 0 bridgehead atoms. The molecule has 1 heterocycles. The van der Waals surface area contributed by atoms with Crippen molar-refractivity contribution in [3.8, 4) is 0 Å². The predicted octanol–water partition coefficient (Wildman–Crippen LogP) is 5.76. The van der Waals surface area contributed by atoms with E-state index < -0.39 is 11.7 Å². The molecule has 22 heavy (non-hydrogen) atoms. The Morgan fingerprint density at radius 3 is 2.36 bits per heavy atom. The average molecular weight is 367 g/mol. The zero-order valence-corrected chi connectivity index (χ0v) is 12.7. The average Bonchev–Trinajstić information content (AvgIpc) is 2.47. The zero-order valence-electron chi connectivity index (χ0n) is 11.2. The maximum Gasteiger partial charge on any atom is 0.416 e. The number of anilines is 2. The third kappa shape index (κ3) is 3.06. The van der Waals surface area contributed by atoms with Crippen LogP contribution in [0.25, 0.3) is 10.9 Å². The van der Waals surface area contributed by atoms with Crippen molar-refractivity contribution in [1.82, 2.24) is 4.98 Å². The molecule has 0 saturated heterocycles. The van der Waals surface area contributed by atoms with Gasteiger partial charge in [-0.1, -0.05) is 15.9 Å². The lowest BCUT2D eigenvalue weighted by Gasteiger charge is -2.11. The monoisotopic (exact) mass is 366 g/mol.